The zero-order valence-electron chi connectivity index (χ0n) is 9.38. The number of allylic oxidation sites excluding steroid dienone is 1. The summed E-state index contributed by atoms with van der Waals surface area (Å²) in [5.41, 5.74) is 0.374. The average Bonchev–Trinajstić information content (AvgIpc) is 2.59. The largest absolute Gasteiger partial charge is 0.360 e. The van der Waals surface area contributed by atoms with Crippen LogP contribution in [0.15, 0.2) is 12.7 Å². The lowest BCUT2D eigenvalue weighted by Gasteiger charge is -2.43. The van der Waals surface area contributed by atoms with Crippen LogP contribution in [0.1, 0.15) is 32.1 Å². The summed E-state index contributed by atoms with van der Waals surface area (Å²) in [5.74, 6) is 0. The van der Waals surface area contributed by atoms with Gasteiger partial charge in [-0.3, -0.25) is 4.90 Å². The Balaban J connectivity index is 2.32. The lowest BCUT2D eigenvalue weighted by molar-refractivity contribution is -0.143. The van der Waals surface area contributed by atoms with Crippen LogP contribution in [0.2, 0.25) is 0 Å². The van der Waals surface area contributed by atoms with E-state index in [0.29, 0.717) is 5.41 Å². The predicted molar refractivity (Wildman–Crippen MR) is 58.1 cm³/mol. The molecule has 0 aromatic heterocycles. The minimum absolute atomic E-state index is 0.0151. The Morgan fingerprint density at radius 2 is 2.14 bits per heavy atom. The molecule has 2 atom stereocenters. The fraction of sp³-hybridized carbons (Fsp3) is 0.833. The molecule has 1 saturated carbocycles. The van der Waals surface area contributed by atoms with Gasteiger partial charge in [-0.25, -0.2) is 0 Å². The van der Waals surface area contributed by atoms with Crippen LogP contribution in [0, 0.1) is 5.41 Å². The van der Waals surface area contributed by atoms with Gasteiger partial charge in [0.05, 0.1) is 0 Å². The zero-order valence-corrected chi connectivity index (χ0v) is 9.38. The molecule has 0 aromatic carbocycles. The Morgan fingerprint density at radius 1 is 1.36 bits per heavy atom. The van der Waals surface area contributed by atoms with Gasteiger partial charge in [-0.2, -0.15) is 0 Å². The molecule has 0 bridgehead atoms. The molecule has 0 N–H and O–H groups in total. The van der Waals surface area contributed by atoms with Crippen LogP contribution >= 0.6 is 0 Å². The van der Waals surface area contributed by atoms with Crippen molar-refractivity contribution in [1.82, 2.24) is 4.90 Å². The molecule has 1 heterocycles. The molecule has 80 valence electrons. The molecule has 2 heteroatoms. The first-order chi connectivity index (χ1) is 6.67. The van der Waals surface area contributed by atoms with E-state index in [9.17, 15) is 0 Å². The van der Waals surface area contributed by atoms with Gasteiger partial charge in [-0.1, -0.05) is 6.08 Å². The summed E-state index contributed by atoms with van der Waals surface area (Å²) >= 11 is 0. The number of rotatable bonds is 3. The minimum atomic E-state index is 0.0151. The summed E-state index contributed by atoms with van der Waals surface area (Å²) in [6.45, 7) is 4.82. The van der Waals surface area contributed by atoms with Crippen molar-refractivity contribution in [2.45, 2.75) is 37.8 Å². The molecule has 2 aliphatic rings. The van der Waals surface area contributed by atoms with Gasteiger partial charge >= 0.3 is 0 Å². The van der Waals surface area contributed by atoms with Gasteiger partial charge < -0.3 is 4.74 Å². The molecule has 14 heavy (non-hydrogen) atoms. The summed E-state index contributed by atoms with van der Waals surface area (Å²) in [6.07, 6.45) is 8.16. The van der Waals surface area contributed by atoms with Gasteiger partial charge in [0, 0.05) is 12.0 Å². The fourth-order valence-electron chi connectivity index (χ4n) is 3.55. The molecule has 2 nitrogen and oxygen atoms in total. The van der Waals surface area contributed by atoms with Gasteiger partial charge in [-0.15, -0.1) is 6.58 Å². The molecule has 1 saturated heterocycles. The van der Waals surface area contributed by atoms with E-state index in [1.807, 2.05) is 0 Å². The van der Waals surface area contributed by atoms with Crippen molar-refractivity contribution >= 4 is 0 Å². The van der Waals surface area contributed by atoms with E-state index in [0.717, 1.165) is 13.0 Å². The van der Waals surface area contributed by atoms with Crippen molar-refractivity contribution in [3.63, 3.8) is 0 Å². The lowest BCUT2D eigenvalue weighted by Crippen LogP contribution is -2.51. The maximum atomic E-state index is 6.06. The zero-order chi connectivity index (χ0) is 10.2. The van der Waals surface area contributed by atoms with E-state index in [2.05, 4.69) is 31.7 Å². The third-order valence-corrected chi connectivity index (χ3v) is 4.18. The van der Waals surface area contributed by atoms with Crippen LogP contribution in [-0.4, -0.2) is 31.3 Å². The number of ether oxygens (including phenoxy) is 1. The fourth-order valence-corrected chi connectivity index (χ4v) is 3.55. The van der Waals surface area contributed by atoms with Crippen LogP contribution in [0.3, 0.4) is 0 Å². The normalized spacial score (nSPS) is 41.6. The Morgan fingerprint density at radius 3 is 2.79 bits per heavy atom. The monoisotopic (exact) mass is 195 g/mol. The highest BCUT2D eigenvalue weighted by atomic mass is 16.5. The van der Waals surface area contributed by atoms with Crippen molar-refractivity contribution in [3.05, 3.63) is 12.7 Å². The first kappa shape index (κ1) is 10.2. The molecular formula is C12H21NO. The van der Waals surface area contributed by atoms with E-state index in [1.54, 1.807) is 0 Å². The first-order valence-electron chi connectivity index (χ1n) is 5.59. The van der Waals surface area contributed by atoms with Crippen molar-refractivity contribution in [2.75, 3.05) is 20.7 Å². The Labute approximate surface area is 86.9 Å². The van der Waals surface area contributed by atoms with E-state index in [-0.39, 0.29) is 5.72 Å². The second kappa shape index (κ2) is 3.35. The van der Waals surface area contributed by atoms with Crippen molar-refractivity contribution in [3.8, 4) is 0 Å². The number of fused-ring (bicyclic) bond motifs is 1. The summed E-state index contributed by atoms with van der Waals surface area (Å²) < 4.78 is 6.06. The van der Waals surface area contributed by atoms with E-state index in [4.69, 9.17) is 4.74 Å². The van der Waals surface area contributed by atoms with Crippen molar-refractivity contribution in [1.29, 1.82) is 0 Å². The maximum Gasteiger partial charge on any atom is 0.127 e. The van der Waals surface area contributed by atoms with Gasteiger partial charge in [-0.05, 0) is 46.2 Å². The lowest BCUT2D eigenvalue weighted by atomic mass is 9.75. The van der Waals surface area contributed by atoms with E-state index < -0.39 is 0 Å². The molecule has 0 spiro atoms. The first-order valence-corrected chi connectivity index (χ1v) is 5.59. The highest BCUT2D eigenvalue weighted by molar-refractivity contribution is 5.08. The van der Waals surface area contributed by atoms with E-state index >= 15 is 0 Å². The summed E-state index contributed by atoms with van der Waals surface area (Å²) in [7, 11) is 4.29. The average molecular weight is 195 g/mol. The molecule has 0 aromatic rings. The Kier molecular flexibility index (Phi) is 2.44. The smallest absolute Gasteiger partial charge is 0.127 e. The highest BCUT2D eigenvalue weighted by Gasteiger charge is 2.59. The molecule has 2 fully saturated rings. The minimum Gasteiger partial charge on any atom is -0.360 e. The second-order valence-electron chi connectivity index (χ2n) is 4.90. The van der Waals surface area contributed by atoms with Crippen LogP contribution in [-0.2, 0) is 4.74 Å². The molecular weight excluding hydrogens is 174 g/mol. The Hall–Kier alpha value is -0.340. The molecule has 0 amide bonds. The molecule has 1 aliphatic carbocycles. The molecule has 0 radical (unpaired) electrons. The van der Waals surface area contributed by atoms with Crippen LogP contribution in [0.5, 0.6) is 0 Å². The highest BCUT2D eigenvalue weighted by Crippen LogP contribution is 2.58. The third-order valence-electron chi connectivity index (χ3n) is 4.18. The molecule has 1 aliphatic heterocycles. The van der Waals surface area contributed by atoms with Crippen LogP contribution in [0.4, 0.5) is 0 Å². The van der Waals surface area contributed by atoms with Crippen LogP contribution < -0.4 is 0 Å². The predicted octanol–water partition coefficient (Wildman–Crippen LogP) is 2.41. The standard InChI is InChI=1S/C12H21NO/c1-4-6-11-7-5-8-12(11,13(2)3)14-10-9-11/h4H,1,5-10H2,2-3H3. The quantitative estimate of drug-likeness (QED) is 0.641. The van der Waals surface area contributed by atoms with Crippen molar-refractivity contribution < 1.29 is 4.74 Å². The van der Waals surface area contributed by atoms with E-state index in [1.165, 1.54) is 25.7 Å². The van der Waals surface area contributed by atoms with Crippen LogP contribution in [0.25, 0.3) is 0 Å². The summed E-state index contributed by atoms with van der Waals surface area (Å²) in [6, 6.07) is 0. The molecule has 2 rings (SSSR count). The number of nitrogens with zero attached hydrogens (tertiary/aromatic N) is 1. The van der Waals surface area contributed by atoms with Gasteiger partial charge in [0.25, 0.3) is 0 Å². The van der Waals surface area contributed by atoms with Crippen molar-refractivity contribution in [2.24, 2.45) is 5.41 Å². The van der Waals surface area contributed by atoms with Gasteiger partial charge in [0.2, 0.25) is 0 Å². The van der Waals surface area contributed by atoms with Gasteiger partial charge in [0.15, 0.2) is 0 Å². The summed E-state index contributed by atoms with van der Waals surface area (Å²) in [4.78, 5) is 2.29. The third kappa shape index (κ3) is 1.10. The SMILES string of the molecule is C=CCC12CCCC1(N(C)C)OCC2. The number of hydrogen-bond donors (Lipinski definition) is 0. The second-order valence-corrected chi connectivity index (χ2v) is 4.90. The topological polar surface area (TPSA) is 12.5 Å². The van der Waals surface area contributed by atoms with Gasteiger partial charge in [0.1, 0.15) is 5.72 Å². The maximum absolute atomic E-state index is 6.06. The number of hydrogen-bond acceptors (Lipinski definition) is 2. The summed E-state index contributed by atoms with van der Waals surface area (Å²) in [5, 5.41) is 0. The molecule has 2 unspecified atom stereocenters. The Bertz CT molecular complexity index is 224.